The van der Waals surface area contributed by atoms with E-state index in [2.05, 4.69) is 16.0 Å². The molecule has 0 saturated carbocycles. The normalized spacial score (nSPS) is 16.7. The molecule has 0 amide bonds. The van der Waals surface area contributed by atoms with E-state index in [0.717, 1.165) is 36.6 Å². The van der Waals surface area contributed by atoms with E-state index in [4.69, 9.17) is 4.74 Å². The number of thiazole rings is 1. The molecule has 0 bridgehead atoms. The number of hydrogen-bond acceptors (Lipinski definition) is 5. The molecule has 0 radical (unpaired) electrons. The Morgan fingerprint density at radius 1 is 1.26 bits per heavy atom. The monoisotopic (exact) mass is 329 g/mol. The maximum atomic E-state index is 9.41. The number of benzene rings is 1. The molecule has 1 atom stereocenters. The predicted octanol–water partition coefficient (Wildman–Crippen LogP) is 4.28. The maximum Gasteiger partial charge on any atom is 0.134 e. The van der Waals surface area contributed by atoms with E-state index in [1.807, 2.05) is 44.2 Å². The smallest absolute Gasteiger partial charge is 0.134 e. The van der Waals surface area contributed by atoms with E-state index in [9.17, 15) is 5.26 Å². The van der Waals surface area contributed by atoms with E-state index in [1.54, 1.807) is 23.0 Å². The van der Waals surface area contributed by atoms with Crippen molar-refractivity contribution in [2.75, 3.05) is 13.1 Å². The number of para-hydroxylation sites is 1. The fourth-order valence-electron chi connectivity index (χ4n) is 2.63. The molecule has 2 aromatic rings. The molecule has 23 heavy (non-hydrogen) atoms. The van der Waals surface area contributed by atoms with Crippen LogP contribution in [-0.2, 0) is 0 Å². The quantitative estimate of drug-likeness (QED) is 0.840. The second-order valence-corrected chi connectivity index (χ2v) is 6.02. The van der Waals surface area contributed by atoms with E-state index in [-0.39, 0.29) is 12.1 Å². The van der Waals surface area contributed by atoms with Crippen molar-refractivity contribution in [1.29, 1.82) is 5.26 Å². The summed E-state index contributed by atoms with van der Waals surface area (Å²) in [5, 5.41) is 9.41. The van der Waals surface area contributed by atoms with E-state index in [1.165, 1.54) is 0 Å². The molecule has 2 heterocycles. The summed E-state index contributed by atoms with van der Waals surface area (Å²) in [6.45, 7) is 5.77. The van der Waals surface area contributed by atoms with Gasteiger partial charge in [-0.1, -0.05) is 32.0 Å². The van der Waals surface area contributed by atoms with Crippen molar-refractivity contribution in [3.63, 3.8) is 0 Å². The first kappa shape index (κ1) is 17.5. The van der Waals surface area contributed by atoms with E-state index >= 15 is 0 Å². The van der Waals surface area contributed by atoms with Gasteiger partial charge in [-0.15, -0.1) is 11.3 Å². The molecular weight excluding hydrogens is 306 g/mol. The summed E-state index contributed by atoms with van der Waals surface area (Å²) in [6, 6.07) is 12.2. The topological polar surface area (TPSA) is 49.2 Å². The van der Waals surface area contributed by atoms with Gasteiger partial charge in [-0.3, -0.25) is 9.88 Å². The Morgan fingerprint density at radius 2 is 1.96 bits per heavy atom. The first-order chi connectivity index (χ1) is 11.4. The zero-order valence-electron chi connectivity index (χ0n) is 13.7. The summed E-state index contributed by atoms with van der Waals surface area (Å²) >= 11 is 1.55. The molecule has 5 heteroatoms. The number of nitrogens with zero attached hydrogens (tertiary/aromatic N) is 3. The lowest BCUT2D eigenvalue weighted by molar-refractivity contribution is 0.0887. The zero-order valence-corrected chi connectivity index (χ0v) is 14.5. The van der Waals surface area contributed by atoms with Crippen LogP contribution in [0.2, 0.25) is 0 Å². The van der Waals surface area contributed by atoms with Crippen LogP contribution in [0.5, 0.6) is 5.75 Å². The number of piperidine rings is 1. The highest BCUT2D eigenvalue weighted by atomic mass is 32.1. The molecule has 1 aromatic heterocycles. The van der Waals surface area contributed by atoms with Crippen molar-refractivity contribution >= 4 is 11.3 Å². The van der Waals surface area contributed by atoms with Crippen molar-refractivity contribution in [2.45, 2.75) is 38.8 Å². The average molecular weight is 329 g/mol. The molecule has 1 aliphatic heterocycles. The van der Waals surface area contributed by atoms with Crippen LogP contribution in [0, 0.1) is 11.3 Å². The molecule has 3 rings (SSSR count). The fourth-order valence-corrected chi connectivity index (χ4v) is 3.33. The van der Waals surface area contributed by atoms with Crippen LogP contribution < -0.4 is 4.74 Å². The first-order valence-corrected chi connectivity index (χ1v) is 8.98. The summed E-state index contributed by atoms with van der Waals surface area (Å²) in [5.74, 6) is 0.926. The average Bonchev–Trinajstić information content (AvgIpc) is 3.14. The minimum absolute atomic E-state index is 0.171. The summed E-state index contributed by atoms with van der Waals surface area (Å²) in [4.78, 5) is 7.32. The second-order valence-electron chi connectivity index (χ2n) is 5.10. The number of aromatic nitrogens is 1. The lowest BCUT2D eigenvalue weighted by Crippen LogP contribution is -2.39. The third-order valence-corrected chi connectivity index (χ3v) is 4.56. The highest BCUT2D eigenvalue weighted by molar-refractivity contribution is 7.09. The van der Waals surface area contributed by atoms with Crippen molar-refractivity contribution < 1.29 is 4.74 Å². The molecule has 122 valence electrons. The molecule has 0 spiro atoms. The highest BCUT2D eigenvalue weighted by Gasteiger charge is 2.27. The first-order valence-electron chi connectivity index (χ1n) is 8.10. The summed E-state index contributed by atoms with van der Waals surface area (Å²) in [6.07, 6.45) is 3.94. The Bertz CT molecular complexity index is 586. The highest BCUT2D eigenvalue weighted by Crippen LogP contribution is 2.27. The lowest BCUT2D eigenvalue weighted by Gasteiger charge is -2.34. The van der Waals surface area contributed by atoms with Crippen LogP contribution in [-0.4, -0.2) is 29.1 Å². The third-order valence-electron chi connectivity index (χ3n) is 3.73. The van der Waals surface area contributed by atoms with Gasteiger partial charge in [0.1, 0.15) is 17.9 Å². The zero-order chi connectivity index (χ0) is 16.5. The van der Waals surface area contributed by atoms with Gasteiger partial charge < -0.3 is 4.74 Å². The van der Waals surface area contributed by atoms with Crippen LogP contribution >= 0.6 is 11.3 Å². The van der Waals surface area contributed by atoms with Gasteiger partial charge >= 0.3 is 0 Å². The Balaban J connectivity index is 0.000000924. The summed E-state index contributed by atoms with van der Waals surface area (Å²) in [7, 11) is 0. The van der Waals surface area contributed by atoms with Gasteiger partial charge in [0.15, 0.2) is 0 Å². The Labute approximate surface area is 142 Å². The van der Waals surface area contributed by atoms with Crippen molar-refractivity contribution in [1.82, 2.24) is 9.88 Å². The van der Waals surface area contributed by atoms with Crippen molar-refractivity contribution in [3.05, 3.63) is 46.9 Å². The summed E-state index contributed by atoms with van der Waals surface area (Å²) < 4.78 is 5.99. The van der Waals surface area contributed by atoms with Gasteiger partial charge in [0.25, 0.3) is 0 Å². The predicted molar refractivity (Wildman–Crippen MR) is 93.5 cm³/mol. The number of rotatable bonds is 4. The van der Waals surface area contributed by atoms with E-state index in [0.29, 0.717) is 0 Å². The molecule has 1 unspecified atom stereocenters. The fraction of sp³-hybridized carbons (Fsp3) is 0.444. The van der Waals surface area contributed by atoms with Crippen LogP contribution in [0.1, 0.15) is 37.6 Å². The largest absolute Gasteiger partial charge is 0.490 e. The van der Waals surface area contributed by atoms with Gasteiger partial charge in [0, 0.05) is 19.3 Å². The SMILES string of the molecule is CC.N#CC(c1cncs1)N1CCC(Oc2ccccc2)CC1. The van der Waals surface area contributed by atoms with Crippen LogP contribution in [0.25, 0.3) is 0 Å². The van der Waals surface area contributed by atoms with Gasteiger partial charge in [-0.05, 0) is 25.0 Å². The number of hydrogen-bond donors (Lipinski definition) is 0. The molecular formula is C18H23N3OS. The molecule has 0 aliphatic carbocycles. The molecule has 4 nitrogen and oxygen atoms in total. The molecule has 1 aliphatic rings. The summed E-state index contributed by atoms with van der Waals surface area (Å²) in [5.41, 5.74) is 1.78. The number of ether oxygens (including phenoxy) is 1. The van der Waals surface area contributed by atoms with Crippen LogP contribution in [0.3, 0.4) is 0 Å². The van der Waals surface area contributed by atoms with Gasteiger partial charge in [-0.2, -0.15) is 5.26 Å². The van der Waals surface area contributed by atoms with Gasteiger partial charge in [-0.25, -0.2) is 0 Å². The second kappa shape index (κ2) is 9.29. The third kappa shape index (κ3) is 4.78. The Morgan fingerprint density at radius 3 is 2.52 bits per heavy atom. The van der Waals surface area contributed by atoms with Crippen LogP contribution in [0.4, 0.5) is 0 Å². The van der Waals surface area contributed by atoms with Crippen molar-refractivity contribution in [2.24, 2.45) is 0 Å². The minimum atomic E-state index is -0.171. The minimum Gasteiger partial charge on any atom is -0.490 e. The maximum absolute atomic E-state index is 9.41. The van der Waals surface area contributed by atoms with Gasteiger partial charge in [0.2, 0.25) is 0 Å². The Kier molecular flexibility index (Phi) is 7.05. The molecule has 1 fully saturated rings. The lowest BCUT2D eigenvalue weighted by atomic mass is 10.1. The number of nitriles is 1. The van der Waals surface area contributed by atoms with Crippen LogP contribution in [0.15, 0.2) is 42.0 Å². The standard InChI is InChI=1S/C16H17N3OS.C2H6/c17-10-15(16-11-18-12-21-16)19-8-6-14(7-9-19)20-13-4-2-1-3-5-13;1-2/h1-5,11-12,14-15H,6-9H2;1-2H3. The van der Waals surface area contributed by atoms with E-state index < -0.39 is 0 Å². The Hall–Kier alpha value is -1.90. The number of likely N-dealkylation sites (tertiary alicyclic amines) is 1. The van der Waals surface area contributed by atoms with Crippen molar-refractivity contribution in [3.8, 4) is 11.8 Å². The molecule has 1 aromatic carbocycles. The molecule has 1 saturated heterocycles. The molecule has 0 N–H and O–H groups in total. The van der Waals surface area contributed by atoms with Gasteiger partial charge in [0.05, 0.1) is 16.5 Å².